The lowest BCUT2D eigenvalue weighted by atomic mass is 10.1. The van der Waals surface area contributed by atoms with Crippen LogP contribution >= 0.6 is 0 Å². The summed E-state index contributed by atoms with van der Waals surface area (Å²) in [6.45, 7) is 4.06. The van der Waals surface area contributed by atoms with Crippen LogP contribution in [0.2, 0.25) is 0 Å². The number of anilines is 1. The van der Waals surface area contributed by atoms with Crippen LogP contribution in [-0.4, -0.2) is 10.1 Å². The molecular weight excluding hydrogens is 212 g/mol. The summed E-state index contributed by atoms with van der Waals surface area (Å²) in [6.07, 6.45) is 1.78. The van der Waals surface area contributed by atoms with Crippen LogP contribution in [-0.2, 0) is 0 Å². The Hall–Kier alpha value is -2.03. The molecule has 2 rings (SSSR count). The summed E-state index contributed by atoms with van der Waals surface area (Å²) >= 11 is 0. The van der Waals surface area contributed by atoms with E-state index < -0.39 is 0 Å². The van der Waals surface area contributed by atoms with Crippen molar-refractivity contribution in [1.82, 2.24) is 4.98 Å². The number of nitrogens with one attached hydrogen (secondary N) is 1. The lowest BCUT2D eigenvalue weighted by Crippen LogP contribution is -2.07. The van der Waals surface area contributed by atoms with E-state index in [0.717, 1.165) is 16.9 Å². The highest BCUT2D eigenvalue weighted by atomic mass is 16.3. The van der Waals surface area contributed by atoms with Gasteiger partial charge in [0.25, 0.3) is 0 Å². The second kappa shape index (κ2) is 4.87. The molecule has 0 aliphatic carbocycles. The first-order valence-electron chi connectivity index (χ1n) is 5.64. The molecule has 1 aromatic carbocycles. The largest absolute Gasteiger partial charge is 0.508 e. The van der Waals surface area contributed by atoms with Gasteiger partial charge >= 0.3 is 0 Å². The van der Waals surface area contributed by atoms with Crippen molar-refractivity contribution in [3.05, 3.63) is 53.9 Å². The number of hydrogen-bond donors (Lipinski definition) is 2. The molecule has 0 amide bonds. The van der Waals surface area contributed by atoms with E-state index in [1.165, 1.54) is 0 Å². The van der Waals surface area contributed by atoms with Crippen LogP contribution in [0.25, 0.3) is 0 Å². The molecule has 0 saturated carbocycles. The Kier molecular flexibility index (Phi) is 3.28. The topological polar surface area (TPSA) is 45.2 Å². The molecule has 0 saturated heterocycles. The molecule has 0 bridgehead atoms. The summed E-state index contributed by atoms with van der Waals surface area (Å²) in [5.41, 5.74) is 3.15. The molecule has 0 spiro atoms. The van der Waals surface area contributed by atoms with E-state index in [4.69, 9.17) is 0 Å². The van der Waals surface area contributed by atoms with Crippen molar-refractivity contribution in [2.24, 2.45) is 0 Å². The molecule has 2 N–H and O–H groups in total. The highest BCUT2D eigenvalue weighted by Crippen LogP contribution is 2.22. The number of aromatic hydroxyl groups is 1. The monoisotopic (exact) mass is 228 g/mol. The Morgan fingerprint density at radius 2 is 1.88 bits per heavy atom. The van der Waals surface area contributed by atoms with Crippen LogP contribution in [0.1, 0.15) is 24.2 Å². The van der Waals surface area contributed by atoms with Gasteiger partial charge in [0.2, 0.25) is 0 Å². The molecule has 88 valence electrons. The first kappa shape index (κ1) is 11.5. The Labute approximate surface area is 101 Å². The summed E-state index contributed by atoms with van der Waals surface area (Å²) < 4.78 is 0. The number of aromatic nitrogens is 1. The molecule has 0 radical (unpaired) electrons. The van der Waals surface area contributed by atoms with Crippen molar-refractivity contribution in [3.63, 3.8) is 0 Å². The summed E-state index contributed by atoms with van der Waals surface area (Å²) in [6, 6.07) is 11.3. The average Bonchev–Trinajstić information content (AvgIpc) is 2.33. The number of aryl methyl sites for hydroxylation is 1. The van der Waals surface area contributed by atoms with E-state index >= 15 is 0 Å². The molecule has 0 fully saturated rings. The van der Waals surface area contributed by atoms with Crippen LogP contribution in [0.15, 0.2) is 42.6 Å². The molecule has 1 aromatic heterocycles. The lowest BCUT2D eigenvalue weighted by molar-refractivity contribution is 0.475. The van der Waals surface area contributed by atoms with Crippen molar-refractivity contribution < 1.29 is 5.11 Å². The fourth-order valence-electron chi connectivity index (χ4n) is 1.72. The fourth-order valence-corrected chi connectivity index (χ4v) is 1.72. The minimum Gasteiger partial charge on any atom is -0.508 e. The smallest absolute Gasteiger partial charge is 0.115 e. The molecular formula is C14H16N2O. The standard InChI is InChI=1S/C14H16N2O/c1-10(12-5-7-13(17)8-6-12)16-14-4-3-9-15-11(14)2/h3-10,16-17H,1-2H3. The van der Waals surface area contributed by atoms with E-state index in [1.54, 1.807) is 18.3 Å². The number of benzene rings is 1. The molecule has 2 aromatic rings. The molecule has 1 heterocycles. The minimum atomic E-state index is 0.179. The molecule has 1 unspecified atom stereocenters. The molecule has 0 aliphatic heterocycles. The van der Waals surface area contributed by atoms with Crippen molar-refractivity contribution >= 4 is 5.69 Å². The fraction of sp³-hybridized carbons (Fsp3) is 0.214. The van der Waals surface area contributed by atoms with Gasteiger partial charge in [-0.3, -0.25) is 4.98 Å². The van der Waals surface area contributed by atoms with Gasteiger partial charge in [0.05, 0.1) is 11.4 Å². The summed E-state index contributed by atoms with van der Waals surface area (Å²) in [4.78, 5) is 4.24. The van der Waals surface area contributed by atoms with E-state index in [9.17, 15) is 5.11 Å². The number of pyridine rings is 1. The van der Waals surface area contributed by atoms with Crippen molar-refractivity contribution in [3.8, 4) is 5.75 Å². The maximum Gasteiger partial charge on any atom is 0.115 e. The van der Waals surface area contributed by atoms with E-state index in [0.29, 0.717) is 5.75 Å². The van der Waals surface area contributed by atoms with Crippen LogP contribution in [0, 0.1) is 6.92 Å². The Bertz CT molecular complexity index is 494. The highest BCUT2D eigenvalue weighted by Gasteiger charge is 2.06. The highest BCUT2D eigenvalue weighted by molar-refractivity contribution is 5.48. The van der Waals surface area contributed by atoms with Gasteiger partial charge in [-0.25, -0.2) is 0 Å². The van der Waals surface area contributed by atoms with Gasteiger partial charge in [-0.1, -0.05) is 12.1 Å². The summed E-state index contributed by atoms with van der Waals surface area (Å²) in [5, 5.41) is 12.6. The number of phenols is 1. The Morgan fingerprint density at radius 3 is 2.53 bits per heavy atom. The minimum absolute atomic E-state index is 0.179. The first-order chi connectivity index (χ1) is 8.16. The molecule has 3 nitrogen and oxygen atoms in total. The summed E-state index contributed by atoms with van der Waals surface area (Å²) in [5.74, 6) is 0.290. The van der Waals surface area contributed by atoms with Crippen LogP contribution in [0.5, 0.6) is 5.75 Å². The Balaban J connectivity index is 2.14. The molecule has 17 heavy (non-hydrogen) atoms. The van der Waals surface area contributed by atoms with Crippen LogP contribution < -0.4 is 5.32 Å². The van der Waals surface area contributed by atoms with Gasteiger partial charge in [0.1, 0.15) is 5.75 Å². The maximum atomic E-state index is 9.24. The maximum absolute atomic E-state index is 9.24. The second-order valence-electron chi connectivity index (χ2n) is 4.09. The second-order valence-corrected chi connectivity index (χ2v) is 4.09. The third-order valence-corrected chi connectivity index (χ3v) is 2.77. The zero-order chi connectivity index (χ0) is 12.3. The van der Waals surface area contributed by atoms with E-state index in [2.05, 4.69) is 17.2 Å². The van der Waals surface area contributed by atoms with Gasteiger partial charge in [-0.05, 0) is 43.7 Å². The number of phenolic OH excluding ortho intramolecular Hbond substituents is 1. The molecule has 3 heteroatoms. The molecule has 0 aliphatic rings. The quantitative estimate of drug-likeness (QED) is 0.847. The van der Waals surface area contributed by atoms with Crippen molar-refractivity contribution in [2.45, 2.75) is 19.9 Å². The van der Waals surface area contributed by atoms with Gasteiger partial charge < -0.3 is 10.4 Å². The predicted octanol–water partition coefficient (Wildman–Crippen LogP) is 3.27. The Morgan fingerprint density at radius 1 is 1.18 bits per heavy atom. The number of rotatable bonds is 3. The van der Waals surface area contributed by atoms with Gasteiger partial charge in [-0.2, -0.15) is 0 Å². The zero-order valence-electron chi connectivity index (χ0n) is 10.0. The summed E-state index contributed by atoms with van der Waals surface area (Å²) in [7, 11) is 0. The first-order valence-corrected chi connectivity index (χ1v) is 5.64. The van der Waals surface area contributed by atoms with Gasteiger partial charge in [0, 0.05) is 12.2 Å². The third-order valence-electron chi connectivity index (χ3n) is 2.77. The van der Waals surface area contributed by atoms with Crippen LogP contribution in [0.4, 0.5) is 5.69 Å². The van der Waals surface area contributed by atoms with Gasteiger partial charge in [0.15, 0.2) is 0 Å². The lowest BCUT2D eigenvalue weighted by Gasteiger charge is -2.16. The normalized spacial score (nSPS) is 12.1. The zero-order valence-corrected chi connectivity index (χ0v) is 10.0. The third kappa shape index (κ3) is 2.75. The predicted molar refractivity (Wildman–Crippen MR) is 69.1 cm³/mol. The van der Waals surface area contributed by atoms with Crippen molar-refractivity contribution in [2.75, 3.05) is 5.32 Å². The molecule has 1 atom stereocenters. The average molecular weight is 228 g/mol. The van der Waals surface area contributed by atoms with Gasteiger partial charge in [-0.15, -0.1) is 0 Å². The SMILES string of the molecule is Cc1ncccc1NC(C)c1ccc(O)cc1. The van der Waals surface area contributed by atoms with Crippen LogP contribution in [0.3, 0.4) is 0 Å². The number of hydrogen-bond acceptors (Lipinski definition) is 3. The van der Waals surface area contributed by atoms with E-state index in [-0.39, 0.29) is 6.04 Å². The van der Waals surface area contributed by atoms with E-state index in [1.807, 2.05) is 31.2 Å². The number of nitrogens with zero attached hydrogens (tertiary/aromatic N) is 1. The van der Waals surface area contributed by atoms with Crippen molar-refractivity contribution in [1.29, 1.82) is 0 Å².